The third-order valence-corrected chi connectivity index (χ3v) is 4.39. The molecular formula is C18H17IN4O5. The topological polar surface area (TPSA) is 120 Å². The molecule has 9 nitrogen and oxygen atoms in total. The molecule has 10 heteroatoms. The van der Waals surface area contributed by atoms with Crippen LogP contribution in [0.25, 0.3) is 10.9 Å². The Labute approximate surface area is 174 Å². The number of aromatic nitrogens is 2. The Morgan fingerprint density at radius 3 is 2.79 bits per heavy atom. The summed E-state index contributed by atoms with van der Waals surface area (Å²) in [6.45, 7) is 0.414. The molecule has 146 valence electrons. The van der Waals surface area contributed by atoms with Crippen molar-refractivity contribution in [2.75, 3.05) is 31.7 Å². The summed E-state index contributed by atoms with van der Waals surface area (Å²) in [5, 5.41) is 23.9. The number of rotatable bonds is 9. The number of ether oxygens (including phenoxy) is 2. The van der Waals surface area contributed by atoms with Crippen LogP contribution in [0.3, 0.4) is 0 Å². The molecule has 28 heavy (non-hydrogen) atoms. The van der Waals surface area contributed by atoms with E-state index in [0.29, 0.717) is 16.7 Å². The number of halogens is 1. The van der Waals surface area contributed by atoms with E-state index in [2.05, 4.69) is 37.9 Å². The van der Waals surface area contributed by atoms with E-state index in [4.69, 9.17) is 14.6 Å². The number of benzene rings is 2. The normalized spacial score (nSPS) is 10.8. The molecule has 0 amide bonds. The van der Waals surface area contributed by atoms with Crippen LogP contribution >= 0.6 is 22.6 Å². The summed E-state index contributed by atoms with van der Waals surface area (Å²) in [4.78, 5) is 19.4. The Morgan fingerprint density at radius 2 is 2.04 bits per heavy atom. The minimum Gasteiger partial charge on any atom is -0.484 e. The number of hydrogen-bond acceptors (Lipinski definition) is 8. The van der Waals surface area contributed by atoms with Crippen LogP contribution in [-0.2, 0) is 4.74 Å². The molecule has 3 rings (SSSR count). The lowest BCUT2D eigenvalue weighted by molar-refractivity contribution is -0.385. The van der Waals surface area contributed by atoms with Gasteiger partial charge in [-0.15, -0.1) is 0 Å². The number of nitrogens with one attached hydrogen (secondary N) is 1. The standard InChI is InChI=1S/C18H17IN4O5/c19-12-2-1-3-13(8-12)22-18-14-9-16(23(25)26)17(10-15(14)20-11-21-18)28-7-6-27-5-4-24/h1-3,8-11,24H,4-7H2,(H,20,21,22). The van der Waals surface area contributed by atoms with Gasteiger partial charge in [0, 0.05) is 21.4 Å². The molecule has 0 aliphatic carbocycles. The lowest BCUT2D eigenvalue weighted by Crippen LogP contribution is -2.10. The highest BCUT2D eigenvalue weighted by Gasteiger charge is 2.19. The van der Waals surface area contributed by atoms with E-state index in [9.17, 15) is 10.1 Å². The van der Waals surface area contributed by atoms with Gasteiger partial charge >= 0.3 is 5.69 Å². The van der Waals surface area contributed by atoms with Gasteiger partial charge in [-0.2, -0.15) is 0 Å². The molecule has 0 fully saturated rings. The molecule has 2 N–H and O–H groups in total. The van der Waals surface area contributed by atoms with Crippen LogP contribution in [0.1, 0.15) is 0 Å². The summed E-state index contributed by atoms with van der Waals surface area (Å²) in [7, 11) is 0. The van der Waals surface area contributed by atoms with Crippen LogP contribution in [0.2, 0.25) is 0 Å². The molecule has 0 spiro atoms. The molecule has 1 heterocycles. The molecule has 0 atom stereocenters. The zero-order chi connectivity index (χ0) is 19.9. The first kappa shape index (κ1) is 20.2. The van der Waals surface area contributed by atoms with Gasteiger partial charge in [-0.3, -0.25) is 10.1 Å². The quantitative estimate of drug-likeness (QED) is 0.201. The van der Waals surface area contributed by atoms with Crippen molar-refractivity contribution in [2.45, 2.75) is 0 Å². The number of nitro benzene ring substituents is 1. The van der Waals surface area contributed by atoms with E-state index in [-0.39, 0.29) is 37.9 Å². The third-order valence-electron chi connectivity index (χ3n) is 3.72. The van der Waals surface area contributed by atoms with Crippen LogP contribution in [-0.4, -0.2) is 46.4 Å². The fraction of sp³-hybridized carbons (Fsp3) is 0.222. The maximum Gasteiger partial charge on any atom is 0.311 e. The fourth-order valence-corrected chi connectivity index (χ4v) is 3.05. The van der Waals surface area contributed by atoms with Crippen molar-refractivity contribution in [3.05, 3.63) is 56.4 Å². The predicted octanol–water partition coefficient (Wildman–Crippen LogP) is 3.27. The average Bonchev–Trinajstić information content (AvgIpc) is 2.67. The minimum absolute atomic E-state index is 0.0940. The van der Waals surface area contributed by atoms with Crippen LogP contribution < -0.4 is 10.1 Å². The molecule has 0 aliphatic rings. The van der Waals surface area contributed by atoms with E-state index >= 15 is 0 Å². The van der Waals surface area contributed by atoms with Crippen molar-refractivity contribution in [1.82, 2.24) is 9.97 Å². The molecule has 0 unspecified atom stereocenters. The Kier molecular flexibility index (Phi) is 6.90. The van der Waals surface area contributed by atoms with Gasteiger partial charge < -0.3 is 19.9 Å². The summed E-state index contributed by atoms with van der Waals surface area (Å²) in [6.07, 6.45) is 1.39. The Morgan fingerprint density at radius 1 is 1.18 bits per heavy atom. The van der Waals surface area contributed by atoms with Crippen molar-refractivity contribution >= 4 is 50.7 Å². The fourth-order valence-electron chi connectivity index (χ4n) is 2.51. The number of fused-ring (bicyclic) bond motifs is 1. The number of anilines is 2. The van der Waals surface area contributed by atoms with Crippen molar-refractivity contribution in [2.24, 2.45) is 0 Å². The molecule has 0 radical (unpaired) electrons. The summed E-state index contributed by atoms with van der Waals surface area (Å²) < 4.78 is 11.7. The van der Waals surface area contributed by atoms with Gasteiger partial charge in [-0.1, -0.05) is 6.07 Å². The van der Waals surface area contributed by atoms with E-state index in [0.717, 1.165) is 9.26 Å². The first-order valence-electron chi connectivity index (χ1n) is 8.35. The monoisotopic (exact) mass is 496 g/mol. The maximum absolute atomic E-state index is 11.5. The molecular weight excluding hydrogens is 479 g/mol. The summed E-state index contributed by atoms with van der Waals surface area (Å²) in [5.41, 5.74) is 1.14. The molecule has 0 aliphatic heterocycles. The molecule has 1 aromatic heterocycles. The van der Waals surface area contributed by atoms with Crippen molar-refractivity contribution in [3.63, 3.8) is 0 Å². The van der Waals surface area contributed by atoms with Crippen LogP contribution in [0.5, 0.6) is 5.75 Å². The number of aliphatic hydroxyl groups is 1. The summed E-state index contributed by atoms with van der Waals surface area (Å²) in [6, 6.07) is 10.6. The van der Waals surface area contributed by atoms with E-state index < -0.39 is 4.92 Å². The second-order valence-electron chi connectivity index (χ2n) is 5.64. The van der Waals surface area contributed by atoms with Gasteiger partial charge in [0.15, 0.2) is 5.75 Å². The van der Waals surface area contributed by atoms with Crippen LogP contribution in [0.4, 0.5) is 17.2 Å². The SMILES string of the molecule is O=[N+]([O-])c1cc2c(Nc3cccc(I)c3)ncnc2cc1OCCOCCO. The first-order valence-corrected chi connectivity index (χ1v) is 9.43. The maximum atomic E-state index is 11.5. The number of nitro groups is 1. The van der Waals surface area contributed by atoms with Gasteiger partial charge in [0.1, 0.15) is 18.8 Å². The second kappa shape index (κ2) is 9.57. The number of nitrogens with zero attached hydrogens (tertiary/aromatic N) is 3. The molecule has 0 bridgehead atoms. The largest absolute Gasteiger partial charge is 0.484 e. The Bertz CT molecular complexity index is 985. The lowest BCUT2D eigenvalue weighted by Gasteiger charge is -2.11. The van der Waals surface area contributed by atoms with Crippen molar-refractivity contribution in [1.29, 1.82) is 0 Å². The van der Waals surface area contributed by atoms with Gasteiger partial charge in [-0.05, 0) is 40.8 Å². The van der Waals surface area contributed by atoms with Crippen LogP contribution in [0, 0.1) is 13.7 Å². The van der Waals surface area contributed by atoms with E-state index in [1.54, 1.807) is 0 Å². The predicted molar refractivity (Wildman–Crippen MR) is 112 cm³/mol. The van der Waals surface area contributed by atoms with Crippen molar-refractivity contribution in [3.8, 4) is 5.75 Å². The molecule has 0 saturated carbocycles. The highest BCUT2D eigenvalue weighted by Crippen LogP contribution is 2.34. The highest BCUT2D eigenvalue weighted by atomic mass is 127. The number of hydrogen-bond donors (Lipinski definition) is 2. The number of aliphatic hydroxyl groups excluding tert-OH is 1. The summed E-state index contributed by atoms with van der Waals surface area (Å²) >= 11 is 2.20. The Hall–Kier alpha value is -2.57. The van der Waals surface area contributed by atoms with Gasteiger partial charge in [-0.25, -0.2) is 9.97 Å². The smallest absolute Gasteiger partial charge is 0.311 e. The average molecular weight is 496 g/mol. The lowest BCUT2D eigenvalue weighted by atomic mass is 10.2. The van der Waals surface area contributed by atoms with Crippen molar-refractivity contribution < 1.29 is 19.5 Å². The summed E-state index contributed by atoms with van der Waals surface area (Å²) in [5.74, 6) is 0.567. The van der Waals surface area contributed by atoms with E-state index in [1.165, 1.54) is 18.5 Å². The first-order chi connectivity index (χ1) is 13.6. The Balaban J connectivity index is 1.91. The molecule has 2 aromatic carbocycles. The molecule has 3 aromatic rings. The van der Waals surface area contributed by atoms with Gasteiger partial charge in [0.2, 0.25) is 0 Å². The van der Waals surface area contributed by atoms with E-state index in [1.807, 2.05) is 24.3 Å². The second-order valence-corrected chi connectivity index (χ2v) is 6.88. The van der Waals surface area contributed by atoms with Gasteiger partial charge in [0.25, 0.3) is 0 Å². The highest BCUT2D eigenvalue weighted by molar-refractivity contribution is 14.1. The molecule has 0 saturated heterocycles. The van der Waals surface area contributed by atoms with Crippen LogP contribution in [0.15, 0.2) is 42.7 Å². The zero-order valence-electron chi connectivity index (χ0n) is 14.7. The third kappa shape index (κ3) is 5.03. The van der Waals surface area contributed by atoms with Gasteiger partial charge in [0.05, 0.1) is 35.6 Å². The zero-order valence-corrected chi connectivity index (χ0v) is 16.8. The minimum atomic E-state index is -0.508.